The molecule has 3 atom stereocenters. The minimum absolute atomic E-state index is 0.126. The minimum atomic E-state index is -0.861. The molecule has 186 valence electrons. The fourth-order valence-electron chi connectivity index (χ4n) is 4.54. The number of hydrogen-bond acceptors (Lipinski definition) is 5. The van der Waals surface area contributed by atoms with Crippen molar-refractivity contribution in [3.8, 4) is 5.75 Å². The number of ether oxygens (including phenoxy) is 2. The first-order chi connectivity index (χ1) is 15.6. The van der Waals surface area contributed by atoms with Crippen LogP contribution in [0.4, 0.5) is 4.79 Å². The number of alkyl carbamates (subject to hydrolysis) is 1. The van der Waals surface area contributed by atoms with E-state index in [2.05, 4.69) is 10.6 Å². The van der Waals surface area contributed by atoms with Gasteiger partial charge in [0.25, 0.3) is 0 Å². The van der Waals surface area contributed by atoms with Gasteiger partial charge < -0.3 is 25.2 Å². The molecule has 0 heterocycles. The zero-order valence-corrected chi connectivity index (χ0v) is 20.9. The summed E-state index contributed by atoms with van der Waals surface area (Å²) in [5.74, 6) is 0.656. The average molecular weight is 463 g/mol. The first-order valence-corrected chi connectivity index (χ1v) is 12.1. The van der Waals surface area contributed by atoms with Gasteiger partial charge in [-0.3, -0.25) is 4.79 Å². The highest BCUT2D eigenvalue weighted by Crippen LogP contribution is 2.29. The van der Waals surface area contributed by atoms with E-state index in [9.17, 15) is 14.7 Å². The van der Waals surface area contributed by atoms with E-state index in [1.807, 2.05) is 45.0 Å². The molecule has 2 rings (SSSR count). The van der Waals surface area contributed by atoms with Crippen molar-refractivity contribution in [2.24, 2.45) is 11.8 Å². The van der Waals surface area contributed by atoms with E-state index in [4.69, 9.17) is 9.47 Å². The predicted molar refractivity (Wildman–Crippen MR) is 129 cm³/mol. The molecule has 1 aliphatic rings. The Kier molecular flexibility index (Phi) is 10.5. The molecule has 0 aliphatic heterocycles. The zero-order valence-electron chi connectivity index (χ0n) is 20.9. The number of carbonyl (C=O) groups excluding carboxylic acids is 2. The summed E-state index contributed by atoms with van der Waals surface area (Å²) in [5.41, 5.74) is 0.365. The Bertz CT molecular complexity index is 738. The Morgan fingerprint density at radius 1 is 1.12 bits per heavy atom. The third-order valence-electron chi connectivity index (χ3n) is 6.26. The topological polar surface area (TPSA) is 96.9 Å². The van der Waals surface area contributed by atoms with E-state index in [0.29, 0.717) is 18.8 Å². The Hall–Kier alpha value is -2.28. The summed E-state index contributed by atoms with van der Waals surface area (Å²) in [6, 6.07) is 7.12. The van der Waals surface area contributed by atoms with Crippen molar-refractivity contribution in [1.82, 2.24) is 10.6 Å². The lowest BCUT2D eigenvalue weighted by atomic mass is 9.82. The molecule has 1 saturated carbocycles. The second-order valence-corrected chi connectivity index (χ2v) is 10.2. The highest BCUT2D eigenvalue weighted by atomic mass is 16.6. The molecule has 1 aromatic rings. The second kappa shape index (κ2) is 12.8. The number of hydrogen-bond donors (Lipinski definition) is 3. The average Bonchev–Trinajstić information content (AvgIpc) is 2.77. The van der Waals surface area contributed by atoms with Crippen LogP contribution in [0.15, 0.2) is 24.3 Å². The van der Waals surface area contributed by atoms with Crippen LogP contribution in [0, 0.1) is 11.8 Å². The molecule has 7 heteroatoms. The SMILES string of the molecule is CNC(=O)[C@H](Cc1ccc(OC)cc1)C[C@H](O)[C@H](CC1CCCCC1)NC(=O)OC(C)(C)C. The monoisotopic (exact) mass is 462 g/mol. The molecule has 0 unspecified atom stereocenters. The molecule has 33 heavy (non-hydrogen) atoms. The molecule has 0 saturated heterocycles. The lowest BCUT2D eigenvalue weighted by molar-refractivity contribution is -0.125. The molecule has 2 amide bonds. The summed E-state index contributed by atoms with van der Waals surface area (Å²) in [6.45, 7) is 5.45. The number of amides is 2. The Morgan fingerprint density at radius 3 is 2.30 bits per heavy atom. The summed E-state index contributed by atoms with van der Waals surface area (Å²) >= 11 is 0. The summed E-state index contributed by atoms with van der Waals surface area (Å²) in [7, 11) is 3.22. The van der Waals surface area contributed by atoms with Gasteiger partial charge in [-0.25, -0.2) is 4.79 Å². The first-order valence-electron chi connectivity index (χ1n) is 12.1. The fourth-order valence-corrected chi connectivity index (χ4v) is 4.54. The fraction of sp³-hybridized carbons (Fsp3) is 0.692. The van der Waals surface area contributed by atoms with Crippen LogP contribution in [0.3, 0.4) is 0 Å². The standard InChI is InChI=1S/C26H42N2O5/c1-26(2,3)33-25(31)28-22(16-18-9-7-6-8-10-18)23(29)17-20(24(30)27-4)15-19-11-13-21(32-5)14-12-19/h11-14,18,20,22-23,29H,6-10,15-17H2,1-5H3,(H,27,30)(H,28,31)/t20-,22+,23+/m1/s1. The summed E-state index contributed by atoms with van der Waals surface area (Å²) in [4.78, 5) is 25.1. The summed E-state index contributed by atoms with van der Waals surface area (Å²) < 4.78 is 10.7. The van der Waals surface area contributed by atoms with Gasteiger partial charge in [0.2, 0.25) is 5.91 Å². The van der Waals surface area contributed by atoms with Crippen molar-refractivity contribution >= 4 is 12.0 Å². The molecule has 7 nitrogen and oxygen atoms in total. The van der Waals surface area contributed by atoms with E-state index < -0.39 is 29.8 Å². The van der Waals surface area contributed by atoms with Gasteiger partial charge in [-0.1, -0.05) is 44.2 Å². The molecule has 1 aromatic carbocycles. The van der Waals surface area contributed by atoms with Crippen LogP contribution in [0.5, 0.6) is 5.75 Å². The number of nitrogens with one attached hydrogen (secondary N) is 2. The maximum atomic E-state index is 12.6. The number of methoxy groups -OCH3 is 1. The highest BCUT2D eigenvalue weighted by molar-refractivity contribution is 5.78. The van der Waals surface area contributed by atoms with Gasteiger partial charge in [-0.2, -0.15) is 0 Å². The van der Waals surface area contributed by atoms with Gasteiger partial charge in [-0.15, -0.1) is 0 Å². The van der Waals surface area contributed by atoms with Crippen LogP contribution < -0.4 is 15.4 Å². The molecular formula is C26H42N2O5. The van der Waals surface area contributed by atoms with E-state index in [0.717, 1.165) is 24.2 Å². The third kappa shape index (κ3) is 9.62. The van der Waals surface area contributed by atoms with Crippen LogP contribution in [-0.2, 0) is 16.0 Å². The van der Waals surface area contributed by atoms with Gasteiger partial charge in [0.1, 0.15) is 11.4 Å². The van der Waals surface area contributed by atoms with Crippen molar-refractivity contribution < 1.29 is 24.2 Å². The van der Waals surface area contributed by atoms with Crippen molar-refractivity contribution in [3.63, 3.8) is 0 Å². The van der Waals surface area contributed by atoms with E-state index in [-0.39, 0.29) is 12.3 Å². The summed E-state index contributed by atoms with van der Waals surface area (Å²) in [5, 5.41) is 16.8. The van der Waals surface area contributed by atoms with Gasteiger partial charge in [0.15, 0.2) is 0 Å². The highest BCUT2D eigenvalue weighted by Gasteiger charge is 2.31. The molecular weight excluding hydrogens is 420 g/mol. The van der Waals surface area contributed by atoms with Gasteiger partial charge in [0, 0.05) is 13.0 Å². The van der Waals surface area contributed by atoms with Crippen molar-refractivity contribution in [1.29, 1.82) is 0 Å². The molecule has 3 N–H and O–H groups in total. The zero-order chi connectivity index (χ0) is 24.4. The lowest BCUT2D eigenvalue weighted by Crippen LogP contribution is -2.48. The number of rotatable bonds is 10. The maximum absolute atomic E-state index is 12.6. The van der Waals surface area contributed by atoms with Crippen molar-refractivity contribution in [3.05, 3.63) is 29.8 Å². The Morgan fingerprint density at radius 2 is 1.76 bits per heavy atom. The van der Waals surface area contributed by atoms with Crippen LogP contribution in [0.25, 0.3) is 0 Å². The molecule has 0 bridgehead atoms. The van der Waals surface area contributed by atoms with Crippen LogP contribution in [0.2, 0.25) is 0 Å². The minimum Gasteiger partial charge on any atom is -0.497 e. The maximum Gasteiger partial charge on any atom is 0.407 e. The van der Waals surface area contributed by atoms with Crippen LogP contribution in [-0.4, -0.2) is 49.0 Å². The normalized spacial score (nSPS) is 17.5. The molecule has 1 fully saturated rings. The van der Waals surface area contributed by atoms with E-state index >= 15 is 0 Å². The van der Waals surface area contributed by atoms with Gasteiger partial charge in [-0.05, 0) is 63.6 Å². The molecule has 0 aromatic heterocycles. The number of benzene rings is 1. The number of carbonyl (C=O) groups is 2. The van der Waals surface area contributed by atoms with Crippen molar-refractivity contribution in [2.45, 2.75) is 89.9 Å². The van der Waals surface area contributed by atoms with Crippen molar-refractivity contribution in [2.75, 3.05) is 14.2 Å². The van der Waals surface area contributed by atoms with Crippen LogP contribution >= 0.6 is 0 Å². The second-order valence-electron chi connectivity index (χ2n) is 10.2. The van der Waals surface area contributed by atoms with Gasteiger partial charge >= 0.3 is 6.09 Å². The summed E-state index contributed by atoms with van der Waals surface area (Å²) in [6.07, 6.45) is 5.83. The Balaban J connectivity index is 2.12. The number of aliphatic hydroxyl groups excluding tert-OH is 1. The van der Waals surface area contributed by atoms with Crippen LogP contribution in [0.1, 0.15) is 71.3 Å². The predicted octanol–water partition coefficient (Wildman–Crippen LogP) is 4.21. The van der Waals surface area contributed by atoms with E-state index in [1.165, 1.54) is 19.3 Å². The lowest BCUT2D eigenvalue weighted by Gasteiger charge is -2.32. The first kappa shape index (κ1) is 27.0. The third-order valence-corrected chi connectivity index (χ3v) is 6.26. The molecule has 1 aliphatic carbocycles. The molecule has 0 radical (unpaired) electrons. The Labute approximate surface area is 198 Å². The van der Waals surface area contributed by atoms with E-state index in [1.54, 1.807) is 14.2 Å². The smallest absolute Gasteiger partial charge is 0.407 e. The quantitative estimate of drug-likeness (QED) is 0.484. The largest absolute Gasteiger partial charge is 0.497 e. The van der Waals surface area contributed by atoms with Gasteiger partial charge in [0.05, 0.1) is 19.3 Å². The number of aliphatic hydroxyl groups is 1. The molecule has 0 spiro atoms.